The Bertz CT molecular complexity index is 906. The number of anilines is 1. The molecule has 0 radical (unpaired) electrons. The van der Waals surface area contributed by atoms with Gasteiger partial charge in [0.25, 0.3) is 11.6 Å². The van der Waals surface area contributed by atoms with Crippen molar-refractivity contribution in [1.29, 1.82) is 0 Å². The predicted octanol–water partition coefficient (Wildman–Crippen LogP) is 2.95. The minimum absolute atomic E-state index is 0.00487. The van der Waals surface area contributed by atoms with E-state index in [1.807, 2.05) is 0 Å². The summed E-state index contributed by atoms with van der Waals surface area (Å²) in [5.41, 5.74) is 0.442. The van der Waals surface area contributed by atoms with Gasteiger partial charge >= 0.3 is 0 Å². The van der Waals surface area contributed by atoms with Gasteiger partial charge in [-0.3, -0.25) is 14.9 Å². The number of rotatable bonds is 5. The summed E-state index contributed by atoms with van der Waals surface area (Å²) in [6.45, 7) is 3.01. The van der Waals surface area contributed by atoms with Gasteiger partial charge in [0.05, 0.1) is 32.4 Å². The number of nitrogens with zero attached hydrogens (tertiary/aromatic N) is 1. The molecule has 0 aliphatic carbocycles. The monoisotopic (exact) mass is 348 g/mol. The van der Waals surface area contributed by atoms with E-state index >= 15 is 0 Å². The summed E-state index contributed by atoms with van der Waals surface area (Å²) >= 11 is 0. The van der Waals surface area contributed by atoms with Crippen LogP contribution in [-0.4, -0.2) is 25.0 Å². The van der Waals surface area contributed by atoms with Gasteiger partial charge < -0.3 is 5.32 Å². The topological polar surface area (TPSA) is 106 Å². The van der Waals surface area contributed by atoms with Crippen molar-refractivity contribution in [3.63, 3.8) is 0 Å². The highest BCUT2D eigenvalue weighted by Crippen LogP contribution is 2.26. The first-order chi connectivity index (χ1) is 11.3. The van der Waals surface area contributed by atoms with Crippen molar-refractivity contribution >= 4 is 27.1 Å². The van der Waals surface area contributed by atoms with Crippen molar-refractivity contribution in [1.82, 2.24) is 0 Å². The molecule has 0 heterocycles. The van der Waals surface area contributed by atoms with Crippen LogP contribution in [0.5, 0.6) is 0 Å². The third kappa shape index (κ3) is 3.43. The largest absolute Gasteiger partial charge is 0.321 e. The van der Waals surface area contributed by atoms with Crippen molar-refractivity contribution in [2.24, 2.45) is 0 Å². The van der Waals surface area contributed by atoms with Gasteiger partial charge in [0.2, 0.25) is 0 Å². The van der Waals surface area contributed by atoms with Crippen LogP contribution in [0.4, 0.5) is 11.4 Å². The summed E-state index contributed by atoms with van der Waals surface area (Å²) in [6.07, 6.45) is 0. The van der Waals surface area contributed by atoms with Crippen LogP contribution in [0, 0.1) is 17.0 Å². The number of nitrogens with one attached hydrogen (secondary N) is 1. The maximum absolute atomic E-state index is 12.5. The summed E-state index contributed by atoms with van der Waals surface area (Å²) in [7, 11) is -3.57. The van der Waals surface area contributed by atoms with Gasteiger partial charge in [0.1, 0.15) is 0 Å². The third-order valence-corrected chi connectivity index (χ3v) is 5.38. The number of nitro groups is 1. The van der Waals surface area contributed by atoms with E-state index in [-0.39, 0.29) is 27.6 Å². The van der Waals surface area contributed by atoms with Gasteiger partial charge in [-0.1, -0.05) is 25.1 Å². The van der Waals surface area contributed by atoms with E-state index in [0.717, 1.165) is 0 Å². The lowest BCUT2D eigenvalue weighted by Crippen LogP contribution is -2.18. The maximum Gasteiger partial charge on any atom is 0.274 e. The molecule has 1 N–H and O–H groups in total. The Hall–Kier alpha value is -2.74. The van der Waals surface area contributed by atoms with Gasteiger partial charge in [-0.05, 0) is 25.1 Å². The van der Waals surface area contributed by atoms with Gasteiger partial charge in [-0.25, -0.2) is 8.42 Å². The fourth-order valence-corrected chi connectivity index (χ4v) is 3.32. The Labute approximate surface area is 139 Å². The SMILES string of the molecule is CCS(=O)(=O)c1ccccc1C(=O)Nc1cccc([N+](=O)[O-])c1C. The first-order valence-corrected chi connectivity index (χ1v) is 8.80. The number of hydrogen-bond donors (Lipinski definition) is 1. The smallest absolute Gasteiger partial charge is 0.274 e. The van der Waals surface area contributed by atoms with E-state index < -0.39 is 20.7 Å². The summed E-state index contributed by atoms with van der Waals surface area (Å²) in [6, 6.07) is 10.2. The molecule has 8 heteroatoms. The molecule has 0 aliphatic rings. The molecule has 24 heavy (non-hydrogen) atoms. The van der Waals surface area contributed by atoms with Crippen LogP contribution in [0.3, 0.4) is 0 Å². The Morgan fingerprint density at radius 2 is 1.83 bits per heavy atom. The standard InChI is InChI=1S/C16H16N2O5S/c1-3-24(22,23)15-10-5-4-7-12(15)16(19)17-13-8-6-9-14(11(13)2)18(20)21/h4-10H,3H2,1-2H3,(H,17,19). The van der Waals surface area contributed by atoms with E-state index in [1.165, 1.54) is 50.2 Å². The van der Waals surface area contributed by atoms with Gasteiger partial charge in [0.15, 0.2) is 9.84 Å². The Kier molecular flexibility index (Phi) is 4.99. The van der Waals surface area contributed by atoms with Crippen molar-refractivity contribution in [3.8, 4) is 0 Å². The van der Waals surface area contributed by atoms with E-state index in [4.69, 9.17) is 0 Å². The van der Waals surface area contributed by atoms with E-state index in [9.17, 15) is 23.3 Å². The van der Waals surface area contributed by atoms with Crippen molar-refractivity contribution < 1.29 is 18.1 Å². The molecule has 0 atom stereocenters. The number of amides is 1. The van der Waals surface area contributed by atoms with Crippen LogP contribution in [0.2, 0.25) is 0 Å². The molecule has 0 saturated carbocycles. The molecule has 2 rings (SSSR count). The fraction of sp³-hybridized carbons (Fsp3) is 0.188. The molecule has 126 valence electrons. The molecular weight excluding hydrogens is 332 g/mol. The Morgan fingerprint density at radius 3 is 2.46 bits per heavy atom. The first-order valence-electron chi connectivity index (χ1n) is 7.15. The average Bonchev–Trinajstić information content (AvgIpc) is 2.56. The number of carbonyl (C=O) groups excluding carboxylic acids is 1. The molecule has 0 fully saturated rings. The molecular formula is C16H16N2O5S. The molecule has 0 bridgehead atoms. The molecule has 0 spiro atoms. The van der Waals surface area contributed by atoms with Crippen LogP contribution in [0.25, 0.3) is 0 Å². The highest BCUT2D eigenvalue weighted by atomic mass is 32.2. The molecule has 2 aromatic rings. The predicted molar refractivity (Wildman–Crippen MR) is 90.0 cm³/mol. The van der Waals surface area contributed by atoms with Crippen LogP contribution < -0.4 is 5.32 Å². The number of sulfone groups is 1. The maximum atomic E-state index is 12.5. The van der Waals surface area contributed by atoms with Crippen LogP contribution in [0.15, 0.2) is 47.4 Å². The summed E-state index contributed by atoms with van der Waals surface area (Å²) < 4.78 is 24.2. The minimum Gasteiger partial charge on any atom is -0.321 e. The van der Waals surface area contributed by atoms with Crippen LogP contribution in [0.1, 0.15) is 22.8 Å². The normalized spacial score (nSPS) is 11.1. The van der Waals surface area contributed by atoms with Crippen LogP contribution >= 0.6 is 0 Å². The molecule has 0 aliphatic heterocycles. The highest BCUT2D eigenvalue weighted by Gasteiger charge is 2.22. The molecule has 0 saturated heterocycles. The lowest BCUT2D eigenvalue weighted by molar-refractivity contribution is -0.385. The van der Waals surface area contributed by atoms with Crippen molar-refractivity contribution in [2.45, 2.75) is 18.7 Å². The lowest BCUT2D eigenvalue weighted by atomic mass is 10.1. The summed E-state index contributed by atoms with van der Waals surface area (Å²) in [4.78, 5) is 22.9. The van der Waals surface area contributed by atoms with Gasteiger partial charge in [-0.15, -0.1) is 0 Å². The second-order valence-electron chi connectivity index (χ2n) is 5.06. The van der Waals surface area contributed by atoms with E-state index in [1.54, 1.807) is 6.07 Å². The number of carbonyl (C=O) groups is 1. The lowest BCUT2D eigenvalue weighted by Gasteiger charge is -2.11. The second-order valence-corrected chi connectivity index (χ2v) is 7.31. The first kappa shape index (κ1) is 17.6. The summed E-state index contributed by atoms with van der Waals surface area (Å²) in [5.74, 6) is -0.765. The van der Waals surface area contributed by atoms with E-state index in [2.05, 4.69) is 5.32 Å². The molecule has 0 aromatic heterocycles. The minimum atomic E-state index is -3.57. The molecule has 7 nitrogen and oxygen atoms in total. The Balaban J connectivity index is 2.43. The third-order valence-electron chi connectivity index (χ3n) is 3.60. The molecule has 0 unspecified atom stereocenters. The zero-order chi connectivity index (χ0) is 17.9. The number of benzene rings is 2. The Morgan fingerprint density at radius 1 is 1.17 bits per heavy atom. The quantitative estimate of drug-likeness (QED) is 0.660. The zero-order valence-corrected chi connectivity index (χ0v) is 14.0. The van der Waals surface area contributed by atoms with Crippen molar-refractivity contribution in [3.05, 3.63) is 63.7 Å². The average molecular weight is 348 g/mol. The number of hydrogen-bond acceptors (Lipinski definition) is 5. The zero-order valence-electron chi connectivity index (χ0n) is 13.1. The highest BCUT2D eigenvalue weighted by molar-refractivity contribution is 7.91. The fourth-order valence-electron chi connectivity index (χ4n) is 2.23. The molecule has 1 amide bonds. The molecule has 2 aromatic carbocycles. The van der Waals surface area contributed by atoms with Crippen molar-refractivity contribution in [2.75, 3.05) is 11.1 Å². The number of nitro benzene ring substituents is 1. The second kappa shape index (κ2) is 6.79. The van der Waals surface area contributed by atoms with Crippen LogP contribution in [-0.2, 0) is 9.84 Å². The van der Waals surface area contributed by atoms with Gasteiger partial charge in [-0.2, -0.15) is 0 Å². The van der Waals surface area contributed by atoms with Gasteiger partial charge in [0, 0.05) is 6.07 Å². The van der Waals surface area contributed by atoms with E-state index in [0.29, 0.717) is 5.56 Å². The summed E-state index contributed by atoms with van der Waals surface area (Å²) in [5, 5.41) is 13.5.